The molecule has 0 saturated carbocycles. The van der Waals surface area contributed by atoms with Crippen LogP contribution in [0.3, 0.4) is 0 Å². The zero-order valence-electron chi connectivity index (χ0n) is 14.6. The lowest BCUT2D eigenvalue weighted by Gasteiger charge is -2.27. The van der Waals surface area contributed by atoms with Gasteiger partial charge in [0.05, 0.1) is 6.10 Å². The smallest absolute Gasteiger partial charge is 0.222 e. The molecule has 4 heteroatoms. The molecule has 1 N–H and O–H groups in total. The van der Waals surface area contributed by atoms with Crippen molar-refractivity contribution in [2.45, 2.75) is 51.2 Å². The highest BCUT2D eigenvalue weighted by Crippen LogP contribution is 2.20. The van der Waals surface area contributed by atoms with Crippen LogP contribution in [0.5, 0.6) is 0 Å². The normalized spacial score (nSPS) is 21.8. The molecule has 1 aromatic rings. The summed E-state index contributed by atoms with van der Waals surface area (Å²) >= 11 is 0. The van der Waals surface area contributed by atoms with Gasteiger partial charge in [-0.05, 0) is 56.7 Å². The Morgan fingerprint density at radius 3 is 2.67 bits per heavy atom. The predicted molar refractivity (Wildman–Crippen MR) is 95.7 cm³/mol. The first-order valence-corrected chi connectivity index (χ1v) is 9.45. The fourth-order valence-corrected chi connectivity index (χ4v) is 3.75. The zero-order chi connectivity index (χ0) is 16.6. The van der Waals surface area contributed by atoms with Crippen molar-refractivity contribution in [3.63, 3.8) is 0 Å². The summed E-state index contributed by atoms with van der Waals surface area (Å²) in [6, 6.07) is 10.3. The van der Waals surface area contributed by atoms with Gasteiger partial charge in [-0.15, -0.1) is 0 Å². The number of nitrogens with zero attached hydrogens (tertiary/aromatic N) is 1. The van der Waals surface area contributed by atoms with Gasteiger partial charge in [0.15, 0.2) is 0 Å². The second kappa shape index (κ2) is 9.19. The van der Waals surface area contributed by atoms with Crippen LogP contribution < -0.4 is 5.32 Å². The highest BCUT2D eigenvalue weighted by atomic mass is 16.5. The molecule has 1 aromatic carbocycles. The Morgan fingerprint density at radius 2 is 1.96 bits per heavy atom. The molecule has 0 radical (unpaired) electrons. The Kier molecular flexibility index (Phi) is 6.67. The van der Waals surface area contributed by atoms with Crippen molar-refractivity contribution in [1.82, 2.24) is 10.2 Å². The monoisotopic (exact) mass is 330 g/mol. The lowest BCUT2D eigenvalue weighted by molar-refractivity contribution is -0.133. The van der Waals surface area contributed by atoms with Crippen molar-refractivity contribution < 1.29 is 9.53 Å². The number of rotatable bonds is 7. The van der Waals surface area contributed by atoms with Crippen LogP contribution in [0, 0.1) is 5.92 Å². The number of amides is 1. The molecule has 1 atom stereocenters. The third-order valence-electron chi connectivity index (χ3n) is 5.24. The maximum atomic E-state index is 12.8. The van der Waals surface area contributed by atoms with Gasteiger partial charge in [0.25, 0.3) is 0 Å². The van der Waals surface area contributed by atoms with Crippen molar-refractivity contribution >= 4 is 5.91 Å². The summed E-state index contributed by atoms with van der Waals surface area (Å²) in [5.41, 5.74) is 1.20. The van der Waals surface area contributed by atoms with Gasteiger partial charge in [-0.25, -0.2) is 0 Å². The molecule has 132 valence electrons. The summed E-state index contributed by atoms with van der Waals surface area (Å²) in [6.07, 6.45) is 6.52. The van der Waals surface area contributed by atoms with Crippen molar-refractivity contribution in [3.8, 4) is 0 Å². The summed E-state index contributed by atoms with van der Waals surface area (Å²) in [4.78, 5) is 14.9. The third kappa shape index (κ3) is 5.32. The minimum atomic E-state index is 0.219. The first-order valence-electron chi connectivity index (χ1n) is 9.45. The number of carbonyl (C=O) groups excluding carboxylic acids is 1. The molecule has 2 aliphatic heterocycles. The van der Waals surface area contributed by atoms with Gasteiger partial charge in [-0.3, -0.25) is 4.79 Å². The lowest BCUT2D eigenvalue weighted by atomic mass is 9.93. The highest BCUT2D eigenvalue weighted by molar-refractivity contribution is 5.76. The van der Waals surface area contributed by atoms with Gasteiger partial charge in [-0.2, -0.15) is 0 Å². The van der Waals surface area contributed by atoms with E-state index in [2.05, 4.69) is 17.4 Å². The van der Waals surface area contributed by atoms with Crippen LogP contribution in [0.2, 0.25) is 0 Å². The zero-order valence-corrected chi connectivity index (χ0v) is 14.6. The van der Waals surface area contributed by atoms with Crippen molar-refractivity contribution in [2.24, 2.45) is 5.92 Å². The molecule has 0 aliphatic carbocycles. The number of ether oxygens (including phenoxy) is 1. The molecular weight excluding hydrogens is 300 g/mol. The number of nitrogens with one attached hydrogen (secondary N) is 1. The number of carbonyl (C=O) groups is 1. The van der Waals surface area contributed by atoms with E-state index in [4.69, 9.17) is 4.74 Å². The summed E-state index contributed by atoms with van der Waals surface area (Å²) in [5, 5.41) is 3.39. The number of hydrogen-bond donors (Lipinski definition) is 1. The average molecular weight is 330 g/mol. The summed E-state index contributed by atoms with van der Waals surface area (Å²) < 4.78 is 5.76. The largest absolute Gasteiger partial charge is 0.376 e. The molecule has 24 heavy (non-hydrogen) atoms. The fourth-order valence-electron chi connectivity index (χ4n) is 3.75. The first kappa shape index (κ1) is 17.4. The van der Waals surface area contributed by atoms with E-state index in [1.165, 1.54) is 18.4 Å². The van der Waals surface area contributed by atoms with Gasteiger partial charge in [0, 0.05) is 26.1 Å². The molecule has 2 saturated heterocycles. The molecule has 3 rings (SSSR count). The van der Waals surface area contributed by atoms with E-state index < -0.39 is 0 Å². The van der Waals surface area contributed by atoms with Gasteiger partial charge in [0.2, 0.25) is 5.91 Å². The second-order valence-electron chi connectivity index (χ2n) is 7.13. The van der Waals surface area contributed by atoms with Crippen LogP contribution in [0.1, 0.15) is 44.1 Å². The minimum absolute atomic E-state index is 0.219. The Hall–Kier alpha value is -1.39. The standard InChI is InChI=1S/C20H30N2O2/c23-20(9-8-17-10-12-21-13-11-17)22(16-19-7-4-14-24-19)15-18-5-2-1-3-6-18/h1-3,5-6,17,19,21H,4,7-16H2. The molecule has 0 aromatic heterocycles. The van der Waals surface area contributed by atoms with Crippen LogP contribution in [-0.4, -0.2) is 43.2 Å². The van der Waals surface area contributed by atoms with E-state index in [1.807, 2.05) is 23.1 Å². The van der Waals surface area contributed by atoms with E-state index in [-0.39, 0.29) is 12.0 Å². The quantitative estimate of drug-likeness (QED) is 0.836. The van der Waals surface area contributed by atoms with E-state index >= 15 is 0 Å². The third-order valence-corrected chi connectivity index (χ3v) is 5.24. The summed E-state index contributed by atoms with van der Waals surface area (Å²) in [7, 11) is 0. The molecule has 2 fully saturated rings. The van der Waals surface area contributed by atoms with Crippen LogP contribution in [0.4, 0.5) is 0 Å². The number of benzene rings is 1. The van der Waals surface area contributed by atoms with Gasteiger partial charge in [0.1, 0.15) is 0 Å². The lowest BCUT2D eigenvalue weighted by Crippen LogP contribution is -2.37. The van der Waals surface area contributed by atoms with Gasteiger partial charge < -0.3 is 15.0 Å². The topological polar surface area (TPSA) is 41.6 Å². The van der Waals surface area contributed by atoms with E-state index in [0.717, 1.165) is 45.5 Å². The van der Waals surface area contributed by atoms with Crippen molar-refractivity contribution in [3.05, 3.63) is 35.9 Å². The minimum Gasteiger partial charge on any atom is -0.376 e. The average Bonchev–Trinajstić information content (AvgIpc) is 3.14. The molecule has 1 amide bonds. The first-order chi connectivity index (χ1) is 11.8. The Morgan fingerprint density at radius 1 is 1.17 bits per heavy atom. The summed E-state index contributed by atoms with van der Waals surface area (Å²) in [6.45, 7) is 4.48. The number of hydrogen-bond acceptors (Lipinski definition) is 3. The van der Waals surface area contributed by atoms with Crippen LogP contribution in [-0.2, 0) is 16.1 Å². The molecule has 0 spiro atoms. The maximum Gasteiger partial charge on any atom is 0.222 e. The summed E-state index contributed by atoms with van der Waals surface area (Å²) in [5.74, 6) is 0.990. The van der Waals surface area contributed by atoms with Crippen molar-refractivity contribution in [1.29, 1.82) is 0 Å². The van der Waals surface area contributed by atoms with Crippen LogP contribution >= 0.6 is 0 Å². The van der Waals surface area contributed by atoms with E-state index in [0.29, 0.717) is 18.9 Å². The van der Waals surface area contributed by atoms with Gasteiger partial charge >= 0.3 is 0 Å². The highest BCUT2D eigenvalue weighted by Gasteiger charge is 2.23. The van der Waals surface area contributed by atoms with Gasteiger partial charge in [-0.1, -0.05) is 30.3 Å². The molecule has 1 unspecified atom stereocenters. The molecular formula is C20H30N2O2. The predicted octanol–water partition coefficient (Wildman–Crippen LogP) is 2.97. The van der Waals surface area contributed by atoms with Crippen molar-refractivity contribution in [2.75, 3.05) is 26.2 Å². The Labute approximate surface area is 145 Å². The second-order valence-corrected chi connectivity index (χ2v) is 7.13. The molecule has 4 nitrogen and oxygen atoms in total. The van der Waals surface area contributed by atoms with Crippen LogP contribution in [0.15, 0.2) is 30.3 Å². The molecule has 2 heterocycles. The van der Waals surface area contributed by atoms with Crippen LogP contribution in [0.25, 0.3) is 0 Å². The van der Waals surface area contributed by atoms with E-state index in [1.54, 1.807) is 0 Å². The SMILES string of the molecule is O=C(CCC1CCNCC1)N(Cc1ccccc1)CC1CCCO1. The maximum absolute atomic E-state index is 12.8. The fraction of sp³-hybridized carbons (Fsp3) is 0.650. The Balaban J connectivity index is 1.55. The van der Waals surface area contributed by atoms with E-state index in [9.17, 15) is 4.79 Å². The number of piperidine rings is 1. The Bertz CT molecular complexity index is 494. The molecule has 2 aliphatic rings. The molecule has 0 bridgehead atoms.